The minimum Gasteiger partial charge on any atom is -0.497 e. The zero-order valence-corrected chi connectivity index (χ0v) is 10.3. The minimum atomic E-state index is -0.123. The number of rotatable bonds is 7. The molecular formula is C12H20N2O3. The van der Waals surface area contributed by atoms with Gasteiger partial charge in [0, 0.05) is 18.7 Å². The summed E-state index contributed by atoms with van der Waals surface area (Å²) in [6, 6.07) is 5.49. The minimum absolute atomic E-state index is 0.123. The fourth-order valence-corrected chi connectivity index (χ4v) is 1.35. The van der Waals surface area contributed by atoms with Crippen LogP contribution in [0.1, 0.15) is 5.56 Å². The smallest absolute Gasteiger partial charge is 0.122 e. The first-order valence-electron chi connectivity index (χ1n) is 5.45. The van der Waals surface area contributed by atoms with Gasteiger partial charge in [0.05, 0.1) is 27.4 Å². The largest absolute Gasteiger partial charge is 0.497 e. The van der Waals surface area contributed by atoms with Crippen LogP contribution in [0.5, 0.6) is 11.5 Å². The van der Waals surface area contributed by atoms with Crippen LogP contribution in [0.3, 0.4) is 0 Å². The first-order valence-corrected chi connectivity index (χ1v) is 5.45. The first-order chi connectivity index (χ1) is 8.19. The van der Waals surface area contributed by atoms with Crippen molar-refractivity contribution < 1.29 is 14.2 Å². The molecule has 0 saturated heterocycles. The van der Waals surface area contributed by atoms with Gasteiger partial charge in [0.1, 0.15) is 11.5 Å². The molecule has 0 fully saturated rings. The molecule has 0 spiro atoms. The number of hydrogen-bond acceptors (Lipinski definition) is 5. The van der Waals surface area contributed by atoms with Crippen LogP contribution in [-0.4, -0.2) is 33.4 Å². The monoisotopic (exact) mass is 240 g/mol. The second-order valence-electron chi connectivity index (χ2n) is 3.73. The molecule has 0 saturated carbocycles. The molecular weight excluding hydrogens is 220 g/mol. The van der Waals surface area contributed by atoms with E-state index >= 15 is 0 Å². The van der Waals surface area contributed by atoms with Crippen LogP contribution < -0.4 is 20.9 Å². The standard InChI is InChI=1S/C12H20N2O3/c1-15-11-3-9(4-12(5-11)16-2)7-17-8-10(14)6-13/h3-5,10H,6-8,13-14H2,1-2H3/t10-/m0/s1. The van der Waals surface area contributed by atoms with E-state index in [1.54, 1.807) is 14.2 Å². The highest BCUT2D eigenvalue weighted by atomic mass is 16.5. The Morgan fingerprint density at radius 3 is 2.18 bits per heavy atom. The molecule has 0 aliphatic rings. The van der Waals surface area contributed by atoms with Gasteiger partial charge in [0.15, 0.2) is 0 Å². The van der Waals surface area contributed by atoms with Crippen molar-refractivity contribution in [1.82, 2.24) is 0 Å². The van der Waals surface area contributed by atoms with Crippen molar-refractivity contribution >= 4 is 0 Å². The van der Waals surface area contributed by atoms with E-state index in [0.717, 1.165) is 17.1 Å². The molecule has 1 aromatic carbocycles. The third kappa shape index (κ3) is 4.60. The maximum absolute atomic E-state index is 5.65. The van der Waals surface area contributed by atoms with E-state index in [2.05, 4.69) is 0 Å². The Balaban J connectivity index is 2.57. The second kappa shape index (κ2) is 7.11. The van der Waals surface area contributed by atoms with Gasteiger partial charge in [0.2, 0.25) is 0 Å². The van der Waals surface area contributed by atoms with Crippen LogP contribution in [-0.2, 0) is 11.3 Å². The molecule has 1 atom stereocenters. The maximum atomic E-state index is 5.65. The summed E-state index contributed by atoms with van der Waals surface area (Å²) >= 11 is 0. The highest BCUT2D eigenvalue weighted by Crippen LogP contribution is 2.22. The molecule has 0 heterocycles. The first kappa shape index (κ1) is 13.8. The van der Waals surface area contributed by atoms with E-state index in [9.17, 15) is 0 Å². The molecule has 96 valence electrons. The molecule has 4 N–H and O–H groups in total. The van der Waals surface area contributed by atoms with E-state index in [1.807, 2.05) is 18.2 Å². The van der Waals surface area contributed by atoms with E-state index in [-0.39, 0.29) is 6.04 Å². The average Bonchev–Trinajstić information content (AvgIpc) is 2.37. The Morgan fingerprint density at radius 1 is 1.12 bits per heavy atom. The van der Waals surface area contributed by atoms with Crippen molar-refractivity contribution in [2.24, 2.45) is 11.5 Å². The van der Waals surface area contributed by atoms with Gasteiger partial charge in [-0.2, -0.15) is 0 Å². The van der Waals surface area contributed by atoms with Crippen molar-refractivity contribution in [3.05, 3.63) is 23.8 Å². The van der Waals surface area contributed by atoms with E-state index < -0.39 is 0 Å². The molecule has 0 aromatic heterocycles. The van der Waals surface area contributed by atoms with Gasteiger partial charge in [-0.1, -0.05) is 0 Å². The zero-order valence-electron chi connectivity index (χ0n) is 10.3. The molecule has 0 unspecified atom stereocenters. The topological polar surface area (TPSA) is 79.7 Å². The van der Waals surface area contributed by atoms with Crippen LogP contribution in [0.15, 0.2) is 18.2 Å². The summed E-state index contributed by atoms with van der Waals surface area (Å²) in [5, 5.41) is 0. The molecule has 0 radical (unpaired) electrons. The number of methoxy groups -OCH3 is 2. The second-order valence-corrected chi connectivity index (χ2v) is 3.73. The van der Waals surface area contributed by atoms with Crippen LogP contribution in [0.25, 0.3) is 0 Å². The van der Waals surface area contributed by atoms with Crippen molar-refractivity contribution in [2.45, 2.75) is 12.6 Å². The lowest BCUT2D eigenvalue weighted by Gasteiger charge is -2.11. The Kier molecular flexibility index (Phi) is 5.76. The summed E-state index contributed by atoms with van der Waals surface area (Å²) in [4.78, 5) is 0. The lowest BCUT2D eigenvalue weighted by molar-refractivity contribution is 0.109. The van der Waals surface area contributed by atoms with Gasteiger partial charge in [-0.25, -0.2) is 0 Å². The van der Waals surface area contributed by atoms with Gasteiger partial charge in [-0.15, -0.1) is 0 Å². The lowest BCUT2D eigenvalue weighted by Crippen LogP contribution is -2.34. The highest BCUT2D eigenvalue weighted by Gasteiger charge is 2.03. The normalized spacial score (nSPS) is 12.2. The van der Waals surface area contributed by atoms with Gasteiger partial charge < -0.3 is 25.7 Å². The third-order valence-corrected chi connectivity index (χ3v) is 2.31. The molecule has 0 aliphatic carbocycles. The van der Waals surface area contributed by atoms with Crippen molar-refractivity contribution in [3.8, 4) is 11.5 Å². The molecule has 5 nitrogen and oxygen atoms in total. The van der Waals surface area contributed by atoms with Gasteiger partial charge >= 0.3 is 0 Å². The number of hydrogen-bond donors (Lipinski definition) is 2. The Labute approximate surface area is 102 Å². The van der Waals surface area contributed by atoms with Crippen molar-refractivity contribution in [2.75, 3.05) is 27.4 Å². The van der Waals surface area contributed by atoms with E-state index in [0.29, 0.717) is 19.8 Å². The molecule has 0 aliphatic heterocycles. The number of nitrogens with two attached hydrogens (primary N) is 2. The summed E-state index contributed by atoms with van der Waals surface area (Å²) in [6.45, 7) is 1.32. The van der Waals surface area contributed by atoms with Crippen LogP contribution >= 0.6 is 0 Å². The molecule has 1 aromatic rings. The molecule has 17 heavy (non-hydrogen) atoms. The molecule has 1 rings (SSSR count). The lowest BCUT2D eigenvalue weighted by atomic mass is 10.2. The Hall–Kier alpha value is -1.30. The molecule has 0 amide bonds. The Bertz CT molecular complexity index is 322. The summed E-state index contributed by atoms with van der Waals surface area (Å²) in [5.41, 5.74) is 12.0. The average molecular weight is 240 g/mol. The van der Waals surface area contributed by atoms with Crippen LogP contribution in [0.4, 0.5) is 0 Å². The SMILES string of the molecule is COc1cc(COC[C@@H](N)CN)cc(OC)c1. The fourth-order valence-electron chi connectivity index (χ4n) is 1.35. The molecule has 5 heteroatoms. The number of benzene rings is 1. The zero-order chi connectivity index (χ0) is 12.7. The van der Waals surface area contributed by atoms with Gasteiger partial charge in [-0.3, -0.25) is 0 Å². The summed E-state index contributed by atoms with van der Waals surface area (Å²) < 4.78 is 15.8. The summed E-state index contributed by atoms with van der Waals surface area (Å²) in [5.74, 6) is 1.48. The summed E-state index contributed by atoms with van der Waals surface area (Å²) in [7, 11) is 3.23. The highest BCUT2D eigenvalue weighted by molar-refractivity contribution is 5.38. The predicted octanol–water partition coefficient (Wildman–Crippen LogP) is 0.506. The Morgan fingerprint density at radius 2 is 1.71 bits per heavy atom. The fraction of sp³-hybridized carbons (Fsp3) is 0.500. The van der Waals surface area contributed by atoms with Gasteiger partial charge in [-0.05, 0) is 17.7 Å². The van der Waals surface area contributed by atoms with E-state index in [4.69, 9.17) is 25.7 Å². The quantitative estimate of drug-likeness (QED) is 0.725. The maximum Gasteiger partial charge on any atom is 0.122 e. The van der Waals surface area contributed by atoms with Gasteiger partial charge in [0.25, 0.3) is 0 Å². The van der Waals surface area contributed by atoms with Crippen LogP contribution in [0, 0.1) is 0 Å². The number of ether oxygens (including phenoxy) is 3. The van der Waals surface area contributed by atoms with Crippen LogP contribution in [0.2, 0.25) is 0 Å². The third-order valence-electron chi connectivity index (χ3n) is 2.31. The van der Waals surface area contributed by atoms with Crippen molar-refractivity contribution in [1.29, 1.82) is 0 Å². The van der Waals surface area contributed by atoms with E-state index in [1.165, 1.54) is 0 Å². The predicted molar refractivity (Wildman–Crippen MR) is 66.2 cm³/mol. The van der Waals surface area contributed by atoms with Crippen molar-refractivity contribution in [3.63, 3.8) is 0 Å². The molecule has 0 bridgehead atoms. The summed E-state index contributed by atoms with van der Waals surface area (Å²) in [6.07, 6.45) is 0.